The lowest BCUT2D eigenvalue weighted by Crippen LogP contribution is -2.31. The van der Waals surface area contributed by atoms with E-state index in [0.717, 1.165) is 10.6 Å². The molecular formula is C16H15FN2O3S2. The van der Waals surface area contributed by atoms with Gasteiger partial charge in [0.1, 0.15) is 5.82 Å². The fourth-order valence-corrected chi connectivity index (χ4v) is 4.90. The van der Waals surface area contributed by atoms with Crippen LogP contribution in [0.25, 0.3) is 0 Å². The Morgan fingerprint density at radius 2 is 1.92 bits per heavy atom. The molecule has 0 aliphatic carbocycles. The highest BCUT2D eigenvalue weighted by Gasteiger charge is 2.26. The number of sulfonamides is 1. The summed E-state index contributed by atoms with van der Waals surface area (Å²) in [5, 5.41) is 0. The van der Waals surface area contributed by atoms with Crippen molar-refractivity contribution < 1.29 is 17.6 Å². The van der Waals surface area contributed by atoms with E-state index in [-0.39, 0.29) is 10.5 Å². The van der Waals surface area contributed by atoms with Gasteiger partial charge in [0.2, 0.25) is 15.9 Å². The van der Waals surface area contributed by atoms with Gasteiger partial charge in [-0.05, 0) is 60.2 Å². The molecule has 1 unspecified atom stereocenters. The number of fused-ring (bicyclic) bond motifs is 1. The Bertz CT molecular complexity index is 883. The number of carbonyl (C=O) groups is 1. The number of nitrogens with one attached hydrogen (secondary N) is 1. The van der Waals surface area contributed by atoms with Crippen LogP contribution in [-0.2, 0) is 10.0 Å². The van der Waals surface area contributed by atoms with Crippen LogP contribution in [-0.4, -0.2) is 20.1 Å². The predicted molar refractivity (Wildman–Crippen MR) is 89.8 cm³/mol. The van der Waals surface area contributed by atoms with E-state index in [1.807, 2.05) is 0 Å². The molecule has 3 rings (SSSR count). The molecule has 1 amide bonds. The number of hydrogen-bond acceptors (Lipinski definition) is 4. The minimum Gasteiger partial charge on any atom is -0.366 e. The Morgan fingerprint density at radius 3 is 2.58 bits per heavy atom. The zero-order chi connectivity index (χ0) is 17.3. The second-order valence-corrected chi connectivity index (χ2v) is 8.23. The molecule has 1 aliphatic heterocycles. The molecular weight excluding hydrogens is 351 g/mol. The van der Waals surface area contributed by atoms with Crippen molar-refractivity contribution >= 4 is 27.7 Å². The van der Waals surface area contributed by atoms with Crippen LogP contribution in [0, 0.1) is 5.82 Å². The van der Waals surface area contributed by atoms with Gasteiger partial charge in [-0.15, -0.1) is 11.8 Å². The Balaban J connectivity index is 1.88. The van der Waals surface area contributed by atoms with Gasteiger partial charge in [0.15, 0.2) is 0 Å². The van der Waals surface area contributed by atoms with E-state index in [2.05, 4.69) is 4.72 Å². The number of rotatable bonds is 4. The minimum absolute atomic E-state index is 0.0312. The highest BCUT2D eigenvalue weighted by atomic mass is 32.2. The monoisotopic (exact) mass is 366 g/mol. The summed E-state index contributed by atoms with van der Waals surface area (Å²) < 4.78 is 41.2. The lowest BCUT2D eigenvalue weighted by molar-refractivity contribution is 0.1000. The molecule has 0 saturated carbocycles. The number of carbonyl (C=O) groups excluding carboxylic acids is 1. The maximum atomic E-state index is 13.5. The molecule has 0 saturated heterocycles. The van der Waals surface area contributed by atoms with Gasteiger partial charge in [0.05, 0.1) is 4.90 Å². The van der Waals surface area contributed by atoms with Crippen molar-refractivity contribution in [1.82, 2.24) is 4.72 Å². The third kappa shape index (κ3) is 3.45. The molecule has 1 heterocycles. The molecule has 1 atom stereocenters. The van der Waals surface area contributed by atoms with Gasteiger partial charge in [-0.3, -0.25) is 4.79 Å². The third-order valence-corrected chi connectivity index (χ3v) is 6.37. The van der Waals surface area contributed by atoms with Gasteiger partial charge < -0.3 is 5.73 Å². The van der Waals surface area contributed by atoms with E-state index >= 15 is 0 Å². The number of nitrogens with two attached hydrogens (primary N) is 1. The number of primary amides is 1. The minimum atomic E-state index is -3.79. The molecule has 3 N–H and O–H groups in total. The molecule has 0 radical (unpaired) electrons. The molecule has 0 bridgehead atoms. The average molecular weight is 366 g/mol. The van der Waals surface area contributed by atoms with Crippen LogP contribution in [0.5, 0.6) is 0 Å². The lowest BCUT2D eigenvalue weighted by atomic mass is 10.0. The molecule has 2 aromatic rings. The Labute approximate surface area is 143 Å². The fraction of sp³-hybridized carbons (Fsp3) is 0.188. The zero-order valence-electron chi connectivity index (χ0n) is 12.5. The molecule has 2 aromatic carbocycles. The van der Waals surface area contributed by atoms with Crippen molar-refractivity contribution in [3.63, 3.8) is 0 Å². The number of halogens is 1. The van der Waals surface area contributed by atoms with Crippen LogP contribution in [0.3, 0.4) is 0 Å². The van der Waals surface area contributed by atoms with Gasteiger partial charge in [0, 0.05) is 16.5 Å². The van der Waals surface area contributed by atoms with E-state index in [4.69, 9.17) is 5.73 Å². The summed E-state index contributed by atoms with van der Waals surface area (Å²) in [6.07, 6.45) is 0.569. The third-order valence-electron chi connectivity index (χ3n) is 3.76. The molecule has 1 aliphatic rings. The maximum Gasteiger partial charge on any atom is 0.248 e. The second-order valence-electron chi connectivity index (χ2n) is 5.38. The maximum absolute atomic E-state index is 13.5. The summed E-state index contributed by atoms with van der Waals surface area (Å²) in [5.41, 5.74) is 6.02. The van der Waals surface area contributed by atoms with E-state index < -0.39 is 27.8 Å². The van der Waals surface area contributed by atoms with E-state index in [1.54, 1.807) is 17.8 Å². The normalized spacial score (nSPS) is 17.3. The van der Waals surface area contributed by atoms with Crippen LogP contribution in [0.2, 0.25) is 0 Å². The van der Waals surface area contributed by atoms with Crippen molar-refractivity contribution in [2.45, 2.75) is 22.3 Å². The Morgan fingerprint density at radius 1 is 1.21 bits per heavy atom. The highest BCUT2D eigenvalue weighted by Crippen LogP contribution is 2.37. The summed E-state index contributed by atoms with van der Waals surface area (Å²) in [7, 11) is -3.79. The quantitative estimate of drug-likeness (QED) is 0.870. The fourth-order valence-electron chi connectivity index (χ4n) is 2.54. The van der Waals surface area contributed by atoms with E-state index in [1.165, 1.54) is 36.4 Å². The van der Waals surface area contributed by atoms with Gasteiger partial charge in [0.25, 0.3) is 0 Å². The molecule has 0 spiro atoms. The van der Waals surface area contributed by atoms with Crippen LogP contribution in [0.15, 0.2) is 52.3 Å². The number of benzene rings is 2. The highest BCUT2D eigenvalue weighted by molar-refractivity contribution is 7.99. The Kier molecular flexibility index (Phi) is 4.62. The second kappa shape index (κ2) is 6.54. The van der Waals surface area contributed by atoms with Gasteiger partial charge in [-0.25, -0.2) is 17.5 Å². The molecule has 126 valence electrons. The average Bonchev–Trinajstić information content (AvgIpc) is 2.55. The lowest BCUT2D eigenvalue weighted by Gasteiger charge is -2.25. The topological polar surface area (TPSA) is 89.3 Å². The first-order chi connectivity index (χ1) is 11.4. The van der Waals surface area contributed by atoms with Crippen LogP contribution < -0.4 is 10.5 Å². The number of thioether (sulfide) groups is 1. The smallest absolute Gasteiger partial charge is 0.248 e. The van der Waals surface area contributed by atoms with Gasteiger partial charge in [-0.2, -0.15) is 0 Å². The van der Waals surface area contributed by atoms with Crippen LogP contribution in [0.4, 0.5) is 4.39 Å². The van der Waals surface area contributed by atoms with Crippen molar-refractivity contribution in [2.75, 3.05) is 5.75 Å². The largest absolute Gasteiger partial charge is 0.366 e. The standard InChI is InChI=1S/C16H15FN2O3S2/c17-11-3-6-15-13(9-11)14(7-8-23-15)19-24(21,22)12-4-1-10(2-5-12)16(18)20/h1-6,9,14,19H,7-8H2,(H2,18,20). The summed E-state index contributed by atoms with van der Waals surface area (Å²) in [6.45, 7) is 0. The summed E-state index contributed by atoms with van der Waals surface area (Å²) >= 11 is 1.58. The first-order valence-electron chi connectivity index (χ1n) is 7.21. The molecule has 24 heavy (non-hydrogen) atoms. The van der Waals surface area contributed by atoms with E-state index in [9.17, 15) is 17.6 Å². The van der Waals surface area contributed by atoms with Gasteiger partial charge >= 0.3 is 0 Å². The van der Waals surface area contributed by atoms with Gasteiger partial charge in [-0.1, -0.05) is 0 Å². The number of hydrogen-bond donors (Lipinski definition) is 2. The number of amides is 1. The first kappa shape index (κ1) is 16.9. The van der Waals surface area contributed by atoms with Crippen molar-refractivity contribution in [3.05, 3.63) is 59.4 Å². The molecule has 5 nitrogen and oxygen atoms in total. The van der Waals surface area contributed by atoms with Crippen molar-refractivity contribution in [1.29, 1.82) is 0 Å². The summed E-state index contributed by atoms with van der Waals surface area (Å²) in [5.74, 6) is -0.279. The summed E-state index contributed by atoms with van der Waals surface area (Å²) in [4.78, 5) is 12.0. The van der Waals surface area contributed by atoms with Crippen molar-refractivity contribution in [3.8, 4) is 0 Å². The molecule has 0 aromatic heterocycles. The van der Waals surface area contributed by atoms with E-state index in [0.29, 0.717) is 12.0 Å². The predicted octanol–water partition coefficient (Wildman–Crippen LogP) is 2.44. The van der Waals surface area contributed by atoms with Crippen LogP contribution >= 0.6 is 11.8 Å². The zero-order valence-corrected chi connectivity index (χ0v) is 14.2. The van der Waals surface area contributed by atoms with Crippen molar-refractivity contribution in [2.24, 2.45) is 5.73 Å². The first-order valence-corrected chi connectivity index (χ1v) is 9.68. The Hall–Kier alpha value is -1.90. The SMILES string of the molecule is NC(=O)c1ccc(S(=O)(=O)NC2CCSc3ccc(F)cc32)cc1. The summed E-state index contributed by atoms with van der Waals surface area (Å²) in [6, 6.07) is 9.28. The molecule has 8 heteroatoms. The van der Waals surface area contributed by atoms with Crippen LogP contribution in [0.1, 0.15) is 28.4 Å². The molecule has 0 fully saturated rings.